The summed E-state index contributed by atoms with van der Waals surface area (Å²) >= 11 is 0. The van der Waals surface area contributed by atoms with E-state index in [0.717, 1.165) is 19.9 Å². The minimum atomic E-state index is -3.86. The van der Waals surface area contributed by atoms with Gasteiger partial charge in [-0.3, -0.25) is 4.79 Å². The molecule has 0 amide bonds. The van der Waals surface area contributed by atoms with Crippen LogP contribution in [0, 0.1) is 30.9 Å². The van der Waals surface area contributed by atoms with Crippen molar-refractivity contribution in [1.82, 2.24) is 14.5 Å². The van der Waals surface area contributed by atoms with Crippen LogP contribution in [0.25, 0.3) is 22.0 Å². The fraction of sp³-hybridized carbons (Fsp3) is 0.250. The minimum absolute atomic E-state index is 0.0622. The molecule has 0 radical (unpaired) electrons. The van der Waals surface area contributed by atoms with Crippen LogP contribution in [0.3, 0.4) is 0 Å². The van der Waals surface area contributed by atoms with Gasteiger partial charge in [0, 0.05) is 42.4 Å². The van der Waals surface area contributed by atoms with Crippen molar-refractivity contribution in [2.45, 2.75) is 38.8 Å². The third-order valence-electron chi connectivity index (χ3n) is 6.22. The molecule has 6 nitrogen and oxygen atoms in total. The topological polar surface area (TPSA) is 80.0 Å². The molecule has 4 aromatic rings. The van der Waals surface area contributed by atoms with Crippen LogP contribution in [-0.2, 0) is 19.5 Å². The molecule has 2 aromatic carbocycles. The second-order valence-electron chi connectivity index (χ2n) is 9.41. The molecule has 0 unspecified atom stereocenters. The average molecular weight is 525 g/mol. The minimum Gasteiger partial charge on any atom is -0.384 e. The number of benzene rings is 2. The fourth-order valence-electron chi connectivity index (χ4n) is 4.06. The van der Waals surface area contributed by atoms with Gasteiger partial charge in [0.15, 0.2) is 5.82 Å². The summed E-state index contributed by atoms with van der Waals surface area (Å²) < 4.78 is 61.4. The van der Waals surface area contributed by atoms with Crippen LogP contribution >= 0.6 is 0 Å². The molecule has 2 N–H and O–H groups in total. The lowest BCUT2D eigenvalue weighted by Crippen LogP contribution is -2.41. The van der Waals surface area contributed by atoms with E-state index < -0.39 is 28.7 Å². The Labute approximate surface area is 216 Å². The van der Waals surface area contributed by atoms with Crippen LogP contribution in [0.2, 0.25) is 0 Å². The molecule has 0 spiro atoms. The first-order valence-electron chi connectivity index (χ1n) is 11.5. The number of aromatic nitrogens is 3. The Morgan fingerprint density at radius 1 is 1.13 bits per heavy atom. The van der Waals surface area contributed by atoms with E-state index in [4.69, 9.17) is 6.42 Å². The highest BCUT2D eigenvalue weighted by molar-refractivity contribution is 5.95. The first-order chi connectivity index (χ1) is 17.8. The number of hydrogen-bond donors (Lipinski definition) is 2. The molecule has 4 rings (SSSR count). The van der Waals surface area contributed by atoms with Crippen LogP contribution in [0.5, 0.6) is 0 Å². The Morgan fingerprint density at radius 3 is 2.47 bits per heavy atom. The monoisotopic (exact) mass is 524 g/mol. The number of hydrogen-bond acceptors (Lipinski definition) is 5. The van der Waals surface area contributed by atoms with Gasteiger partial charge in [0.25, 0.3) is 0 Å². The number of alkyl halides is 2. The highest BCUT2D eigenvalue weighted by Crippen LogP contribution is 2.40. The number of nitrogens with one attached hydrogen (secondary N) is 1. The summed E-state index contributed by atoms with van der Waals surface area (Å²) in [6.07, 6.45) is 7.13. The predicted molar refractivity (Wildman–Crippen MR) is 137 cm³/mol. The quantitative estimate of drug-likeness (QED) is 0.273. The van der Waals surface area contributed by atoms with Gasteiger partial charge in [-0.2, -0.15) is 8.78 Å². The second-order valence-corrected chi connectivity index (χ2v) is 9.41. The van der Waals surface area contributed by atoms with Gasteiger partial charge in [0.05, 0.1) is 11.1 Å². The summed E-state index contributed by atoms with van der Waals surface area (Å²) in [5, 5.41) is 13.0. The van der Waals surface area contributed by atoms with Crippen LogP contribution in [0.4, 0.5) is 23.4 Å². The maximum Gasteiger partial charge on any atom is 0.303 e. The highest BCUT2D eigenvalue weighted by atomic mass is 19.3. The molecule has 0 aliphatic rings. The Kier molecular flexibility index (Phi) is 6.76. The summed E-state index contributed by atoms with van der Waals surface area (Å²) in [5.41, 5.74) is -3.19. The number of nitrogens with zero attached hydrogens (tertiary/aromatic N) is 3. The molecule has 196 valence electrons. The molecular formula is C28H24F4N4O2. The number of anilines is 1. The molecule has 0 aliphatic carbocycles. The van der Waals surface area contributed by atoms with E-state index in [2.05, 4.69) is 21.2 Å². The van der Waals surface area contributed by atoms with Crippen LogP contribution < -0.4 is 10.9 Å². The Morgan fingerprint density at radius 2 is 1.84 bits per heavy atom. The Balaban J connectivity index is 1.83. The summed E-state index contributed by atoms with van der Waals surface area (Å²) in [5.74, 6) is -3.16. The zero-order chi connectivity index (χ0) is 28.0. The first-order valence-corrected chi connectivity index (χ1v) is 11.5. The van der Waals surface area contributed by atoms with Crippen molar-refractivity contribution in [3.05, 3.63) is 87.1 Å². The maximum absolute atomic E-state index is 15.6. The number of terminal acetylenes is 1. The lowest BCUT2D eigenvalue weighted by atomic mass is 9.92. The summed E-state index contributed by atoms with van der Waals surface area (Å²) in [4.78, 5) is 20.3. The zero-order valence-corrected chi connectivity index (χ0v) is 21.0. The van der Waals surface area contributed by atoms with E-state index in [1.165, 1.54) is 42.0 Å². The van der Waals surface area contributed by atoms with Gasteiger partial charge in [-0.1, -0.05) is 18.1 Å². The number of halogens is 4. The van der Waals surface area contributed by atoms with E-state index in [0.29, 0.717) is 11.1 Å². The lowest BCUT2D eigenvalue weighted by Gasteiger charge is -2.30. The SMILES string of the molecule is C#Cc1c(-c2ccc(=O)n(C)c2)cc2c(NCc3cccc(C(F)(F)C(C)(C)O)c3F)nc(C)nc2c1F. The molecule has 0 aliphatic heterocycles. The third-order valence-corrected chi connectivity index (χ3v) is 6.22. The van der Waals surface area contributed by atoms with Crippen molar-refractivity contribution in [2.75, 3.05) is 5.32 Å². The van der Waals surface area contributed by atoms with Crippen molar-refractivity contribution in [2.24, 2.45) is 7.05 Å². The second kappa shape index (κ2) is 9.58. The van der Waals surface area contributed by atoms with Crippen LogP contribution in [-0.4, -0.2) is 25.2 Å². The van der Waals surface area contributed by atoms with Crippen LogP contribution in [0.1, 0.15) is 36.4 Å². The fourth-order valence-corrected chi connectivity index (χ4v) is 4.06. The molecule has 2 heterocycles. The van der Waals surface area contributed by atoms with Gasteiger partial charge >= 0.3 is 5.92 Å². The number of fused-ring (bicyclic) bond motifs is 1. The number of rotatable bonds is 6. The normalized spacial score (nSPS) is 12.0. The molecule has 2 aromatic heterocycles. The lowest BCUT2D eigenvalue weighted by molar-refractivity contribution is -0.170. The Hall–Kier alpha value is -4.23. The summed E-state index contributed by atoms with van der Waals surface area (Å²) in [6.45, 7) is 3.05. The van der Waals surface area contributed by atoms with Gasteiger partial charge in [-0.05, 0) is 44.5 Å². The van der Waals surface area contributed by atoms with Gasteiger partial charge in [-0.15, -0.1) is 6.42 Å². The van der Waals surface area contributed by atoms with E-state index >= 15 is 8.78 Å². The molecular weight excluding hydrogens is 500 g/mol. The smallest absolute Gasteiger partial charge is 0.303 e. The first kappa shape index (κ1) is 26.8. The number of aliphatic hydroxyl groups is 1. The zero-order valence-electron chi connectivity index (χ0n) is 21.0. The molecule has 10 heteroatoms. The Bertz CT molecular complexity index is 1670. The van der Waals surface area contributed by atoms with Crippen molar-refractivity contribution in [3.8, 4) is 23.5 Å². The van der Waals surface area contributed by atoms with E-state index in [9.17, 15) is 18.7 Å². The average Bonchev–Trinajstić information content (AvgIpc) is 2.84. The van der Waals surface area contributed by atoms with Gasteiger partial charge < -0.3 is 15.0 Å². The van der Waals surface area contributed by atoms with Gasteiger partial charge in [-0.25, -0.2) is 18.7 Å². The predicted octanol–water partition coefficient (Wildman–Crippen LogP) is 5.04. The van der Waals surface area contributed by atoms with E-state index in [1.54, 1.807) is 13.1 Å². The highest BCUT2D eigenvalue weighted by Gasteiger charge is 2.49. The molecule has 38 heavy (non-hydrogen) atoms. The standard InChI is InChI=1S/C28H24F4N4O2/c1-6-18-19(17-10-11-22(37)36(5)14-17)12-20-25(24(18)30)34-15(2)35-26(20)33-13-16-8-7-9-21(23(16)29)28(31,32)27(3,4)38/h1,7-12,14,38H,13H2,2-5H3,(H,33,34,35). The van der Waals surface area contributed by atoms with E-state index in [-0.39, 0.29) is 45.8 Å². The third kappa shape index (κ3) is 4.61. The maximum atomic E-state index is 15.6. The van der Waals surface area contributed by atoms with Crippen molar-refractivity contribution in [3.63, 3.8) is 0 Å². The molecule has 0 bridgehead atoms. The largest absolute Gasteiger partial charge is 0.384 e. The van der Waals surface area contributed by atoms with Crippen LogP contribution in [0.15, 0.2) is 47.4 Å². The van der Waals surface area contributed by atoms with Gasteiger partial charge in [0.1, 0.15) is 28.6 Å². The van der Waals surface area contributed by atoms with Crippen molar-refractivity contribution < 1.29 is 22.7 Å². The van der Waals surface area contributed by atoms with Crippen molar-refractivity contribution >= 4 is 16.7 Å². The van der Waals surface area contributed by atoms with Crippen molar-refractivity contribution in [1.29, 1.82) is 0 Å². The summed E-state index contributed by atoms with van der Waals surface area (Å²) in [6, 6.07) is 7.88. The number of pyridine rings is 1. The number of aryl methyl sites for hydroxylation is 2. The molecule has 0 saturated carbocycles. The van der Waals surface area contributed by atoms with Gasteiger partial charge in [0.2, 0.25) is 5.56 Å². The molecule has 0 saturated heterocycles. The molecule has 0 atom stereocenters. The summed E-state index contributed by atoms with van der Waals surface area (Å²) in [7, 11) is 1.54. The molecule has 0 fully saturated rings. The van der Waals surface area contributed by atoms with E-state index in [1.807, 2.05) is 0 Å².